The molecule has 0 bridgehead atoms. The number of unbranched alkanes of at least 4 members (excludes halogenated alkanes) is 7. The van der Waals surface area contributed by atoms with Crippen molar-refractivity contribution in [2.45, 2.75) is 107 Å². The summed E-state index contributed by atoms with van der Waals surface area (Å²) in [6.45, 7) is 2.03. The second-order valence-electron chi connectivity index (χ2n) is 14.4. The smallest absolute Gasteiger partial charge is 0.323 e. The molecular formula is C43H47N3O4S4. The number of carboxylic acids is 1. The number of hydrogen-bond donors (Lipinski definition) is 1. The van der Waals surface area contributed by atoms with E-state index in [-0.39, 0.29) is 10.8 Å². The minimum absolute atomic E-state index is 0.287. The first-order chi connectivity index (χ1) is 26.3. The van der Waals surface area contributed by atoms with Crippen LogP contribution >= 0.6 is 47.1 Å². The molecule has 1 saturated carbocycles. The third-order valence-corrected chi connectivity index (χ3v) is 14.4. The molecule has 1 N–H and O–H groups in total. The second-order valence-corrected chi connectivity index (χ2v) is 18.2. The molecule has 3 aromatic carbocycles. The normalized spacial score (nSPS) is 19.2. The van der Waals surface area contributed by atoms with E-state index in [9.17, 15) is 19.5 Å². The summed E-state index contributed by atoms with van der Waals surface area (Å²) in [7, 11) is 0. The number of aromatic nitrogens is 1. The van der Waals surface area contributed by atoms with Crippen LogP contribution < -0.4 is 19.7 Å². The van der Waals surface area contributed by atoms with E-state index >= 15 is 0 Å². The van der Waals surface area contributed by atoms with Crippen LogP contribution in [0.3, 0.4) is 0 Å². The zero-order valence-electron chi connectivity index (χ0n) is 30.7. The first kappa shape index (κ1) is 38.6. The number of hydrogen-bond acceptors (Lipinski definition) is 8. The largest absolute Gasteiger partial charge is 0.480 e. The molecule has 1 aromatic heterocycles. The number of fused-ring (bicyclic) bond motifs is 3. The monoisotopic (exact) mass is 797 g/mol. The van der Waals surface area contributed by atoms with Gasteiger partial charge < -0.3 is 10.0 Å². The highest BCUT2D eigenvalue weighted by molar-refractivity contribution is 8.30. The van der Waals surface area contributed by atoms with Gasteiger partial charge in [-0.1, -0.05) is 119 Å². The van der Waals surface area contributed by atoms with Crippen molar-refractivity contribution in [3.63, 3.8) is 0 Å². The van der Waals surface area contributed by atoms with Gasteiger partial charge in [-0.25, -0.2) is 0 Å². The van der Waals surface area contributed by atoms with Crippen molar-refractivity contribution < 1.29 is 14.7 Å². The molecular weight excluding hydrogens is 751 g/mol. The molecule has 1 aliphatic carbocycles. The van der Waals surface area contributed by atoms with E-state index in [1.807, 2.05) is 54.2 Å². The van der Waals surface area contributed by atoms with Crippen LogP contribution in [0.15, 0.2) is 82.5 Å². The Balaban J connectivity index is 1.11. The maximum Gasteiger partial charge on any atom is 0.323 e. The molecule has 282 valence electrons. The molecule has 2 unspecified atom stereocenters. The summed E-state index contributed by atoms with van der Waals surface area (Å²) in [6, 6.07) is 25.5. The average Bonchev–Trinajstić information content (AvgIpc) is 3.91. The van der Waals surface area contributed by atoms with E-state index < -0.39 is 18.1 Å². The van der Waals surface area contributed by atoms with Gasteiger partial charge in [0.15, 0.2) is 0 Å². The molecule has 2 atom stereocenters. The van der Waals surface area contributed by atoms with Gasteiger partial charge in [-0.05, 0) is 84.2 Å². The Morgan fingerprint density at radius 1 is 0.944 bits per heavy atom. The lowest BCUT2D eigenvalue weighted by Crippen LogP contribution is -2.35. The van der Waals surface area contributed by atoms with Crippen molar-refractivity contribution >= 4 is 85.6 Å². The summed E-state index contributed by atoms with van der Waals surface area (Å²) in [6.07, 6.45) is 16.0. The highest BCUT2D eigenvalue weighted by Crippen LogP contribution is 2.52. The van der Waals surface area contributed by atoms with Crippen LogP contribution in [0, 0.1) is 0 Å². The van der Waals surface area contributed by atoms with Crippen molar-refractivity contribution in [3.8, 4) is 0 Å². The van der Waals surface area contributed by atoms with Crippen molar-refractivity contribution in [1.82, 2.24) is 9.47 Å². The van der Waals surface area contributed by atoms with Crippen LogP contribution in [-0.4, -0.2) is 42.6 Å². The highest BCUT2D eigenvalue weighted by Gasteiger charge is 2.42. The van der Waals surface area contributed by atoms with Crippen LogP contribution in [0.4, 0.5) is 11.4 Å². The zero-order chi connectivity index (χ0) is 37.6. The first-order valence-corrected chi connectivity index (χ1v) is 22.3. The number of thiazole rings is 1. The van der Waals surface area contributed by atoms with E-state index in [2.05, 4.69) is 48.2 Å². The molecule has 0 radical (unpaired) electrons. The summed E-state index contributed by atoms with van der Waals surface area (Å²) in [4.78, 5) is 45.0. The topological polar surface area (TPSA) is 82.8 Å². The van der Waals surface area contributed by atoms with Crippen LogP contribution in [0.1, 0.15) is 100 Å². The van der Waals surface area contributed by atoms with Gasteiger partial charge in [0.05, 0.1) is 11.1 Å². The maximum atomic E-state index is 13.8. The summed E-state index contributed by atoms with van der Waals surface area (Å²) in [5.41, 5.74) is 5.11. The quantitative estimate of drug-likeness (QED) is 0.0684. The number of carbonyl (C=O) groups is 2. The summed E-state index contributed by atoms with van der Waals surface area (Å²) < 4.78 is 2.29. The fraction of sp³-hybridized carbons (Fsp3) is 0.395. The molecule has 3 heterocycles. The number of nitrogens with zero attached hydrogens (tertiary/aromatic N) is 3. The minimum Gasteiger partial charge on any atom is -0.480 e. The highest BCUT2D eigenvalue weighted by atomic mass is 32.2. The van der Waals surface area contributed by atoms with Gasteiger partial charge in [0.1, 0.15) is 20.4 Å². The maximum absolute atomic E-state index is 13.8. The Morgan fingerprint density at radius 3 is 2.43 bits per heavy atom. The fourth-order valence-electron chi connectivity index (χ4n) is 7.98. The SMILES string of the molecule is CCCCCCCCCCSc1ccc(N2c3ccc(/C=c4\s/c(=C5/SC(=S)N(Cc6ccccc6)C5=O)n(CC(=O)O)c4=O)cc3C3CCCC32)cc1. The van der Waals surface area contributed by atoms with Crippen molar-refractivity contribution in [3.05, 3.63) is 109 Å². The number of anilines is 2. The van der Waals surface area contributed by atoms with E-state index in [1.54, 1.807) is 0 Å². The number of thioether (sulfide) groups is 2. The van der Waals surface area contributed by atoms with Gasteiger partial charge in [-0.15, -0.1) is 23.1 Å². The molecule has 2 fully saturated rings. The number of carbonyl (C=O) groups excluding carboxylic acids is 1. The molecule has 1 saturated heterocycles. The van der Waals surface area contributed by atoms with Crippen LogP contribution in [0.2, 0.25) is 0 Å². The van der Waals surface area contributed by atoms with Crippen LogP contribution in [0.5, 0.6) is 0 Å². The van der Waals surface area contributed by atoms with E-state index in [1.165, 1.54) is 89.1 Å². The van der Waals surface area contributed by atoms with Crippen LogP contribution in [-0.2, 0) is 22.7 Å². The Hall–Kier alpha value is -3.64. The molecule has 7 rings (SSSR count). The van der Waals surface area contributed by atoms with Gasteiger partial charge in [0.2, 0.25) is 0 Å². The number of amides is 1. The first-order valence-electron chi connectivity index (χ1n) is 19.2. The molecule has 7 nitrogen and oxygen atoms in total. The zero-order valence-corrected chi connectivity index (χ0v) is 34.0. The standard InChI is InChI=1S/C43H47N3O4S4/c1-2-3-4-5-6-7-8-12-24-52-32-21-19-31(20-22-32)46-35-17-13-16-33(35)34-25-30(18-23-36(34)46)26-37-40(49)44(28-38(47)48)42(53-37)39-41(50)45(43(51)54-39)27-29-14-10-9-11-15-29/h9-11,14-15,18-23,25-26,33,35H,2-8,12-13,16-17,24,27-28H2,1H3,(H,47,48)/b37-26-,42-39+. The third-order valence-electron chi connectivity index (χ3n) is 10.6. The molecule has 54 heavy (non-hydrogen) atoms. The lowest BCUT2D eigenvalue weighted by Gasteiger charge is -2.27. The number of carboxylic acid groups (broad SMARTS) is 1. The molecule has 2 aliphatic heterocycles. The Labute approximate surface area is 335 Å². The fourth-order valence-corrected chi connectivity index (χ4v) is 11.4. The van der Waals surface area contributed by atoms with Gasteiger partial charge in [0.25, 0.3) is 11.5 Å². The summed E-state index contributed by atoms with van der Waals surface area (Å²) in [5.74, 6) is 0.0990. The molecule has 11 heteroatoms. The van der Waals surface area contributed by atoms with E-state index in [0.29, 0.717) is 32.0 Å². The number of thiocarbonyl (C=S) groups is 1. The second kappa shape index (κ2) is 17.9. The molecule has 1 amide bonds. The van der Waals surface area contributed by atoms with Crippen LogP contribution in [0.25, 0.3) is 11.0 Å². The van der Waals surface area contributed by atoms with Gasteiger partial charge in [0, 0.05) is 28.2 Å². The average molecular weight is 798 g/mol. The predicted octanol–water partition coefficient (Wildman–Crippen LogP) is 9.01. The number of rotatable bonds is 16. The summed E-state index contributed by atoms with van der Waals surface area (Å²) in [5, 5.41) is 9.74. The minimum atomic E-state index is -1.15. The number of benzene rings is 3. The van der Waals surface area contributed by atoms with Gasteiger partial charge in [-0.3, -0.25) is 23.9 Å². The molecule has 3 aliphatic rings. The lowest BCUT2D eigenvalue weighted by atomic mass is 9.96. The Bertz CT molecular complexity index is 2180. The number of aliphatic carboxylic acids is 1. The lowest BCUT2D eigenvalue weighted by molar-refractivity contribution is -0.137. The van der Waals surface area contributed by atoms with E-state index in [4.69, 9.17) is 12.2 Å². The molecule has 0 spiro atoms. The van der Waals surface area contributed by atoms with Crippen molar-refractivity contribution in [1.29, 1.82) is 0 Å². The van der Waals surface area contributed by atoms with E-state index in [0.717, 1.165) is 52.8 Å². The van der Waals surface area contributed by atoms with Crippen molar-refractivity contribution in [2.24, 2.45) is 0 Å². The Morgan fingerprint density at radius 2 is 1.69 bits per heavy atom. The third kappa shape index (κ3) is 8.59. The predicted molar refractivity (Wildman–Crippen MR) is 228 cm³/mol. The van der Waals surface area contributed by atoms with Crippen molar-refractivity contribution in [2.75, 3.05) is 10.7 Å². The summed E-state index contributed by atoms with van der Waals surface area (Å²) >= 11 is 9.81. The van der Waals surface area contributed by atoms with Gasteiger partial charge in [-0.2, -0.15) is 0 Å². The molecule has 4 aromatic rings. The Kier molecular flexibility index (Phi) is 12.8. The van der Waals surface area contributed by atoms with Gasteiger partial charge >= 0.3 is 5.97 Å².